The zero-order valence-electron chi connectivity index (χ0n) is 64.9. The molecule has 2 atom stereocenters. The predicted octanol–water partition coefficient (Wildman–Crippen LogP) is 26.6. The molecule has 0 aromatic rings. The molecule has 0 aliphatic carbocycles. The van der Waals surface area contributed by atoms with E-state index < -0.39 is 24.3 Å². The van der Waals surface area contributed by atoms with Crippen LogP contribution in [-0.2, 0) is 33.3 Å². The zero-order valence-corrected chi connectivity index (χ0v) is 64.9. The number of carbonyl (C=O) groups is 3. The van der Waals surface area contributed by atoms with E-state index in [1.165, 1.54) is 205 Å². The molecule has 2 unspecified atom stereocenters. The number of esters is 2. The van der Waals surface area contributed by atoms with Crippen LogP contribution < -0.4 is 0 Å². The Kier molecular flexibility index (Phi) is 75.0. The van der Waals surface area contributed by atoms with Crippen molar-refractivity contribution in [1.29, 1.82) is 0 Å². The quantitative estimate of drug-likeness (QED) is 0.0211. The molecule has 0 spiro atoms. The van der Waals surface area contributed by atoms with Gasteiger partial charge in [-0.15, -0.1) is 0 Å². The molecule has 0 aromatic heterocycles. The lowest BCUT2D eigenvalue weighted by Gasteiger charge is -2.25. The molecule has 0 rings (SSSR count). The summed E-state index contributed by atoms with van der Waals surface area (Å²) in [4.78, 5) is 37.8. The number of likely N-dealkylation sites (N-methyl/N-ethyl adjacent to an activating group) is 1. The Morgan fingerprint density at radius 2 is 0.545 bits per heavy atom. The first-order valence-corrected chi connectivity index (χ1v) is 41.0. The van der Waals surface area contributed by atoms with Crippen LogP contribution in [-0.4, -0.2) is 87.4 Å². The van der Waals surface area contributed by atoms with Gasteiger partial charge < -0.3 is 28.5 Å². The van der Waals surface area contributed by atoms with Gasteiger partial charge in [0.25, 0.3) is 6.29 Å². The van der Waals surface area contributed by atoms with Gasteiger partial charge in [0.15, 0.2) is 6.10 Å². The Hall–Kier alpha value is -4.83. The highest BCUT2D eigenvalue weighted by Gasteiger charge is 2.25. The van der Waals surface area contributed by atoms with E-state index in [9.17, 15) is 19.5 Å². The molecule has 0 bridgehead atoms. The first kappa shape index (κ1) is 94.2. The molecule has 0 aliphatic heterocycles. The minimum absolute atomic E-state index is 0.184. The third kappa shape index (κ3) is 80.4. The minimum atomic E-state index is -1.52. The highest BCUT2D eigenvalue weighted by atomic mass is 16.7. The fraction of sp³-hybridized carbons (Fsp3) is 0.700. The second kappa shape index (κ2) is 78.9. The fourth-order valence-corrected chi connectivity index (χ4v) is 11.4. The van der Waals surface area contributed by atoms with Gasteiger partial charge in [0.05, 0.1) is 34.4 Å². The number of nitrogens with zero attached hydrogens (tertiary/aromatic N) is 1. The molecule has 0 saturated heterocycles. The molecule has 0 aliphatic rings. The number of aliphatic carboxylic acids is 1. The lowest BCUT2D eigenvalue weighted by atomic mass is 10.0. The van der Waals surface area contributed by atoms with Crippen molar-refractivity contribution < 1.29 is 42.9 Å². The molecule has 1 N–H and O–H groups in total. The van der Waals surface area contributed by atoms with Crippen molar-refractivity contribution >= 4 is 17.9 Å². The molecular weight excluding hydrogens is 1220 g/mol. The third-order valence-electron chi connectivity index (χ3n) is 17.6. The summed E-state index contributed by atoms with van der Waals surface area (Å²) in [6.45, 7) is 4.68. The number of carboxylic acid groups (broad SMARTS) is 1. The van der Waals surface area contributed by atoms with Crippen LogP contribution in [0, 0.1) is 0 Å². The van der Waals surface area contributed by atoms with E-state index in [4.69, 9.17) is 18.9 Å². The van der Waals surface area contributed by atoms with Gasteiger partial charge in [0.1, 0.15) is 13.2 Å². The van der Waals surface area contributed by atoms with Crippen LogP contribution >= 0.6 is 0 Å². The summed E-state index contributed by atoms with van der Waals surface area (Å²) < 4.78 is 23.1. The van der Waals surface area contributed by atoms with E-state index in [0.29, 0.717) is 17.4 Å². The summed E-state index contributed by atoms with van der Waals surface area (Å²) in [7, 11) is 5.99. The van der Waals surface area contributed by atoms with Crippen LogP contribution in [0.5, 0.6) is 0 Å². The topological polar surface area (TPSA) is 108 Å². The summed E-state index contributed by atoms with van der Waals surface area (Å²) in [6.07, 6.45) is 113. The van der Waals surface area contributed by atoms with Crippen LogP contribution in [0.25, 0.3) is 0 Å². The minimum Gasteiger partial charge on any atom is -0.477 e. The van der Waals surface area contributed by atoms with E-state index >= 15 is 0 Å². The van der Waals surface area contributed by atoms with Gasteiger partial charge in [-0.1, -0.05) is 365 Å². The van der Waals surface area contributed by atoms with Gasteiger partial charge in [0, 0.05) is 12.8 Å². The van der Waals surface area contributed by atoms with Crippen LogP contribution in [0.1, 0.15) is 348 Å². The lowest BCUT2D eigenvalue weighted by Crippen LogP contribution is -2.40. The maximum Gasteiger partial charge on any atom is 0.361 e. The fourth-order valence-electron chi connectivity index (χ4n) is 11.4. The number of allylic oxidation sites excluding steroid dienone is 24. The Morgan fingerprint density at radius 3 is 0.808 bits per heavy atom. The number of hydrogen-bond donors (Lipinski definition) is 1. The monoisotopic (exact) mass is 1380 g/mol. The van der Waals surface area contributed by atoms with Gasteiger partial charge >= 0.3 is 17.9 Å². The maximum atomic E-state index is 13.0. The standard InChI is InChI=1S/C90H153NO8/c1-6-8-10-12-14-16-18-20-22-24-26-28-30-32-34-36-38-40-42-44-46-48-50-52-54-56-58-60-62-64-66-68-70-72-74-76-78-80-87(92)97-84-86(85-98-90(89(94)95)96-83-82-91(3,4)5)99-88(93)81-79-77-75-73-71-69-67-65-63-61-59-57-55-53-51-49-47-45-43-41-39-37-35-33-31-29-27-25-23-21-19-17-15-13-11-9-7-2/h8-11,14-17,20-23,26-29,32-35,39,41,45,47,86,90H,6-7,12-13,18-19,24-25,30-31,36-38,40,42-44,46,48-85H2,1-5H3/p+1/b10-8-,11-9-,16-14-,17-15-,22-20-,23-21-,28-26-,29-27-,34-32-,35-33-,41-39-,47-45-. The van der Waals surface area contributed by atoms with Gasteiger partial charge in [-0.3, -0.25) is 9.59 Å². The summed E-state index contributed by atoms with van der Waals surface area (Å²) in [6, 6.07) is 0. The molecule has 0 fully saturated rings. The third-order valence-corrected chi connectivity index (χ3v) is 17.6. The number of carbonyl (C=O) groups excluding carboxylic acids is 2. The SMILES string of the molecule is CC/C=C\C/C=C\C/C=C\C/C=C\C/C=C\C/C=C\C/C=C\CCCCCCCCCCCCCCCCCC(=O)OC(COC(=O)CCCCCCCCCCCCCCCCCCCCCCC/C=C\C/C=C\C/C=C\C/C=C\C/C=C\CC)COC(OCC[N+](C)(C)C)C(=O)O. The second-order valence-corrected chi connectivity index (χ2v) is 28.3. The van der Waals surface area contributed by atoms with Gasteiger partial charge in [-0.05, 0) is 116 Å². The van der Waals surface area contributed by atoms with Crippen molar-refractivity contribution in [2.24, 2.45) is 0 Å². The molecule has 0 saturated carbocycles. The molecule has 9 heteroatoms. The molecule has 0 heterocycles. The van der Waals surface area contributed by atoms with Crippen molar-refractivity contribution in [2.45, 2.75) is 360 Å². The molecule has 9 nitrogen and oxygen atoms in total. The first-order valence-electron chi connectivity index (χ1n) is 41.0. The molecule has 0 amide bonds. The number of ether oxygens (including phenoxy) is 4. The van der Waals surface area contributed by atoms with Crippen LogP contribution in [0.4, 0.5) is 0 Å². The largest absolute Gasteiger partial charge is 0.477 e. The number of hydrogen-bond acceptors (Lipinski definition) is 7. The second-order valence-electron chi connectivity index (χ2n) is 28.3. The normalized spacial score (nSPS) is 13.4. The average Bonchev–Trinajstić information content (AvgIpc) is 2.19. The van der Waals surface area contributed by atoms with E-state index in [0.717, 1.165) is 116 Å². The Labute approximate surface area is 611 Å². The van der Waals surface area contributed by atoms with E-state index in [-0.39, 0.29) is 32.2 Å². The van der Waals surface area contributed by atoms with Gasteiger partial charge in [0.2, 0.25) is 0 Å². The molecule has 0 radical (unpaired) electrons. The van der Waals surface area contributed by atoms with Crippen LogP contribution in [0.2, 0.25) is 0 Å². The highest BCUT2D eigenvalue weighted by Crippen LogP contribution is 2.19. The van der Waals surface area contributed by atoms with E-state index in [2.05, 4.69) is 160 Å². The predicted molar refractivity (Wildman–Crippen MR) is 428 cm³/mol. The number of rotatable bonds is 75. The Morgan fingerprint density at radius 1 is 0.303 bits per heavy atom. The van der Waals surface area contributed by atoms with Gasteiger partial charge in [-0.2, -0.15) is 0 Å². The molecular formula is C90H154NO8+. The molecule has 566 valence electrons. The number of quaternary nitrogens is 1. The Bertz CT molecular complexity index is 2150. The number of carboxylic acids is 1. The Balaban J connectivity index is 4.02. The highest BCUT2D eigenvalue weighted by molar-refractivity contribution is 5.71. The average molecular weight is 1380 g/mol. The van der Waals surface area contributed by atoms with Crippen molar-refractivity contribution in [3.63, 3.8) is 0 Å². The summed E-state index contributed by atoms with van der Waals surface area (Å²) in [5.74, 6) is -1.99. The summed E-state index contributed by atoms with van der Waals surface area (Å²) in [5, 5.41) is 9.78. The maximum absolute atomic E-state index is 13.0. The van der Waals surface area contributed by atoms with Gasteiger partial charge in [-0.25, -0.2) is 4.79 Å². The van der Waals surface area contributed by atoms with E-state index in [1.54, 1.807) is 0 Å². The van der Waals surface area contributed by atoms with Crippen molar-refractivity contribution in [3.05, 3.63) is 146 Å². The smallest absolute Gasteiger partial charge is 0.361 e. The number of unbranched alkanes of at least 4 members (excludes halogenated alkanes) is 36. The lowest BCUT2D eigenvalue weighted by molar-refractivity contribution is -0.870. The van der Waals surface area contributed by atoms with E-state index in [1.807, 2.05) is 21.1 Å². The molecule has 0 aromatic carbocycles. The van der Waals surface area contributed by atoms with Crippen molar-refractivity contribution in [2.75, 3.05) is 47.5 Å². The van der Waals surface area contributed by atoms with Crippen LogP contribution in [0.15, 0.2) is 146 Å². The van der Waals surface area contributed by atoms with Crippen molar-refractivity contribution in [3.8, 4) is 0 Å². The molecule has 99 heavy (non-hydrogen) atoms. The van der Waals surface area contributed by atoms with Crippen LogP contribution in [0.3, 0.4) is 0 Å². The van der Waals surface area contributed by atoms with Crippen molar-refractivity contribution in [1.82, 2.24) is 0 Å². The zero-order chi connectivity index (χ0) is 71.8. The summed E-state index contributed by atoms with van der Waals surface area (Å²) in [5.41, 5.74) is 0. The summed E-state index contributed by atoms with van der Waals surface area (Å²) >= 11 is 0. The first-order chi connectivity index (χ1) is 48.6.